The second-order valence-electron chi connectivity index (χ2n) is 4.91. The molecular weight excluding hydrogens is 278 g/mol. The van der Waals surface area contributed by atoms with Gasteiger partial charge in [0.25, 0.3) is 5.91 Å². The largest absolute Gasteiger partial charge is 0.378 e. The van der Waals surface area contributed by atoms with Gasteiger partial charge >= 0.3 is 0 Å². The van der Waals surface area contributed by atoms with Crippen LogP contribution >= 0.6 is 11.6 Å². The van der Waals surface area contributed by atoms with Crippen LogP contribution in [0.5, 0.6) is 0 Å². The van der Waals surface area contributed by atoms with E-state index in [1.54, 1.807) is 18.2 Å². The van der Waals surface area contributed by atoms with Crippen molar-refractivity contribution < 1.29 is 9.53 Å². The van der Waals surface area contributed by atoms with E-state index in [2.05, 4.69) is 17.7 Å². The van der Waals surface area contributed by atoms with Crippen LogP contribution in [0, 0.1) is 5.92 Å². The Morgan fingerprint density at radius 2 is 2.35 bits per heavy atom. The first-order chi connectivity index (χ1) is 9.65. The normalized spacial score (nSPS) is 21.8. The maximum Gasteiger partial charge on any atom is 0.253 e. The molecule has 4 N–H and O–H groups in total. The number of nitrogen functional groups attached to an aromatic ring is 1. The molecule has 110 valence electrons. The predicted octanol–water partition coefficient (Wildman–Crippen LogP) is 2.17. The van der Waals surface area contributed by atoms with Crippen molar-refractivity contribution >= 4 is 23.2 Å². The molecule has 1 aliphatic heterocycles. The van der Waals surface area contributed by atoms with Crippen LogP contribution in [0.1, 0.15) is 30.1 Å². The third kappa shape index (κ3) is 3.42. The van der Waals surface area contributed by atoms with E-state index >= 15 is 0 Å². The Kier molecular flexibility index (Phi) is 5.23. The fourth-order valence-corrected chi connectivity index (χ4v) is 2.70. The van der Waals surface area contributed by atoms with Gasteiger partial charge in [0.15, 0.2) is 0 Å². The van der Waals surface area contributed by atoms with E-state index in [0.29, 0.717) is 28.7 Å². The molecule has 2 unspecified atom stereocenters. The average Bonchev–Trinajstić information content (AvgIpc) is 2.92. The molecule has 1 aromatic carbocycles. The molecule has 1 amide bonds. The van der Waals surface area contributed by atoms with Gasteiger partial charge < -0.3 is 15.5 Å². The van der Waals surface area contributed by atoms with Gasteiger partial charge in [-0.3, -0.25) is 10.6 Å². The van der Waals surface area contributed by atoms with Crippen molar-refractivity contribution in [3.63, 3.8) is 0 Å². The van der Waals surface area contributed by atoms with Gasteiger partial charge in [-0.05, 0) is 31.0 Å². The summed E-state index contributed by atoms with van der Waals surface area (Å²) in [6.45, 7) is 3.47. The van der Waals surface area contributed by atoms with Gasteiger partial charge in [0.2, 0.25) is 0 Å². The van der Waals surface area contributed by atoms with Crippen molar-refractivity contribution in [3.05, 3.63) is 28.8 Å². The number of carbonyl (C=O) groups is 1. The Morgan fingerprint density at radius 1 is 1.55 bits per heavy atom. The Balaban J connectivity index is 2.00. The van der Waals surface area contributed by atoms with Gasteiger partial charge in [-0.1, -0.05) is 18.5 Å². The van der Waals surface area contributed by atoms with E-state index in [0.717, 1.165) is 19.4 Å². The molecule has 1 fully saturated rings. The molecule has 0 bridgehead atoms. The molecule has 0 radical (unpaired) electrons. The predicted molar refractivity (Wildman–Crippen MR) is 79.7 cm³/mol. The minimum atomic E-state index is -0.179. The monoisotopic (exact) mass is 297 g/mol. The minimum Gasteiger partial charge on any atom is -0.378 e. The van der Waals surface area contributed by atoms with Crippen LogP contribution in [-0.4, -0.2) is 25.2 Å². The number of nitrogens with one attached hydrogen (secondary N) is 2. The highest BCUT2D eigenvalue weighted by atomic mass is 35.5. The smallest absolute Gasteiger partial charge is 0.253 e. The molecule has 1 aromatic rings. The summed E-state index contributed by atoms with van der Waals surface area (Å²) in [5, 5.41) is 3.44. The quantitative estimate of drug-likeness (QED) is 0.575. The van der Waals surface area contributed by atoms with Crippen molar-refractivity contribution in [3.8, 4) is 0 Å². The summed E-state index contributed by atoms with van der Waals surface area (Å²) in [5.74, 6) is 5.60. The summed E-state index contributed by atoms with van der Waals surface area (Å²) in [6.07, 6.45) is 2.19. The van der Waals surface area contributed by atoms with Gasteiger partial charge in [0, 0.05) is 24.1 Å². The maximum absolute atomic E-state index is 12.2. The molecule has 1 aliphatic rings. The number of rotatable bonds is 5. The summed E-state index contributed by atoms with van der Waals surface area (Å²) >= 11 is 5.92. The molecule has 1 heterocycles. The Morgan fingerprint density at radius 3 is 3.05 bits per heavy atom. The first kappa shape index (κ1) is 15.1. The van der Waals surface area contributed by atoms with E-state index in [1.165, 1.54) is 0 Å². The molecule has 6 heteroatoms. The first-order valence-electron chi connectivity index (χ1n) is 6.81. The number of carbonyl (C=O) groups excluding carboxylic acids is 1. The van der Waals surface area contributed by atoms with Crippen LogP contribution in [0.2, 0.25) is 5.02 Å². The molecular formula is C14H20ClN3O2. The highest BCUT2D eigenvalue weighted by Gasteiger charge is 2.27. The zero-order valence-corrected chi connectivity index (χ0v) is 12.2. The van der Waals surface area contributed by atoms with Gasteiger partial charge in [0.05, 0.1) is 17.4 Å². The SMILES string of the molecule is CCC1OCCC1CNC(=O)c1cc(Cl)ccc1NN. The van der Waals surface area contributed by atoms with Crippen LogP contribution in [-0.2, 0) is 4.74 Å². The number of nitrogens with two attached hydrogens (primary N) is 1. The highest BCUT2D eigenvalue weighted by molar-refractivity contribution is 6.31. The summed E-state index contributed by atoms with van der Waals surface area (Å²) < 4.78 is 5.61. The van der Waals surface area contributed by atoms with E-state index in [1.807, 2.05) is 0 Å². The van der Waals surface area contributed by atoms with Crippen molar-refractivity contribution in [1.29, 1.82) is 0 Å². The molecule has 20 heavy (non-hydrogen) atoms. The van der Waals surface area contributed by atoms with Crippen molar-refractivity contribution in [2.24, 2.45) is 11.8 Å². The van der Waals surface area contributed by atoms with E-state index < -0.39 is 0 Å². The number of halogens is 1. The van der Waals surface area contributed by atoms with Crippen molar-refractivity contribution in [1.82, 2.24) is 5.32 Å². The zero-order valence-electron chi connectivity index (χ0n) is 11.5. The fourth-order valence-electron chi connectivity index (χ4n) is 2.53. The molecule has 0 aliphatic carbocycles. The number of hydrogen-bond donors (Lipinski definition) is 3. The van der Waals surface area contributed by atoms with Gasteiger partial charge in [-0.15, -0.1) is 0 Å². The van der Waals surface area contributed by atoms with Gasteiger partial charge in [0.1, 0.15) is 0 Å². The number of amides is 1. The lowest BCUT2D eigenvalue weighted by Crippen LogP contribution is -2.33. The third-order valence-corrected chi connectivity index (χ3v) is 3.89. The molecule has 1 saturated heterocycles. The maximum atomic E-state index is 12.2. The van der Waals surface area contributed by atoms with Gasteiger partial charge in [-0.2, -0.15) is 0 Å². The minimum absolute atomic E-state index is 0.179. The summed E-state index contributed by atoms with van der Waals surface area (Å²) in [5.41, 5.74) is 3.52. The molecule has 2 atom stereocenters. The Bertz CT molecular complexity index is 481. The summed E-state index contributed by atoms with van der Waals surface area (Å²) in [4.78, 5) is 12.2. The topological polar surface area (TPSA) is 76.4 Å². The number of benzene rings is 1. The molecule has 2 rings (SSSR count). The van der Waals surface area contributed by atoms with Gasteiger partial charge in [-0.25, -0.2) is 0 Å². The Labute approximate surface area is 123 Å². The average molecular weight is 298 g/mol. The lowest BCUT2D eigenvalue weighted by atomic mass is 9.99. The molecule has 5 nitrogen and oxygen atoms in total. The molecule has 0 saturated carbocycles. The van der Waals surface area contributed by atoms with Crippen LogP contribution in [0.4, 0.5) is 5.69 Å². The van der Waals surface area contributed by atoms with E-state index in [4.69, 9.17) is 22.2 Å². The molecule has 0 aromatic heterocycles. The van der Waals surface area contributed by atoms with Crippen LogP contribution < -0.4 is 16.6 Å². The van der Waals surface area contributed by atoms with Crippen molar-refractivity contribution in [2.45, 2.75) is 25.9 Å². The second-order valence-corrected chi connectivity index (χ2v) is 5.35. The van der Waals surface area contributed by atoms with Crippen molar-refractivity contribution in [2.75, 3.05) is 18.6 Å². The third-order valence-electron chi connectivity index (χ3n) is 3.66. The lowest BCUT2D eigenvalue weighted by Gasteiger charge is -2.18. The zero-order chi connectivity index (χ0) is 14.5. The van der Waals surface area contributed by atoms with Crippen LogP contribution in [0.15, 0.2) is 18.2 Å². The number of anilines is 1. The molecule has 0 spiro atoms. The van der Waals surface area contributed by atoms with E-state index in [-0.39, 0.29) is 12.0 Å². The van der Waals surface area contributed by atoms with Crippen LogP contribution in [0.25, 0.3) is 0 Å². The lowest BCUT2D eigenvalue weighted by molar-refractivity contribution is 0.0827. The number of hydrogen-bond acceptors (Lipinski definition) is 4. The number of ether oxygens (including phenoxy) is 1. The Hall–Kier alpha value is -1.30. The van der Waals surface area contributed by atoms with Crippen LogP contribution in [0.3, 0.4) is 0 Å². The number of hydrazine groups is 1. The standard InChI is InChI=1S/C14H20ClN3O2/c1-2-13-9(5-6-20-13)8-17-14(19)11-7-10(15)3-4-12(11)18-16/h3-4,7,9,13,18H,2,5-6,8,16H2,1H3,(H,17,19). The summed E-state index contributed by atoms with van der Waals surface area (Å²) in [7, 11) is 0. The highest BCUT2D eigenvalue weighted by Crippen LogP contribution is 2.23. The summed E-state index contributed by atoms with van der Waals surface area (Å²) in [6, 6.07) is 4.98. The van der Waals surface area contributed by atoms with E-state index in [9.17, 15) is 4.79 Å². The second kappa shape index (κ2) is 6.92. The fraction of sp³-hybridized carbons (Fsp3) is 0.500. The first-order valence-corrected chi connectivity index (χ1v) is 7.19.